The molecule has 0 bridgehead atoms. The summed E-state index contributed by atoms with van der Waals surface area (Å²) >= 11 is 0. The van der Waals surface area contributed by atoms with Crippen molar-refractivity contribution < 1.29 is 8.42 Å². The quantitative estimate of drug-likeness (QED) is 0.768. The van der Waals surface area contributed by atoms with Gasteiger partial charge in [-0.05, 0) is 33.7 Å². The second-order valence-electron chi connectivity index (χ2n) is 5.88. The van der Waals surface area contributed by atoms with Crippen molar-refractivity contribution in [3.05, 3.63) is 11.4 Å². The van der Waals surface area contributed by atoms with E-state index < -0.39 is 10.0 Å². The van der Waals surface area contributed by atoms with Gasteiger partial charge in [-0.3, -0.25) is 5.10 Å². The number of nitrogens with one attached hydrogen (secondary N) is 3. The highest BCUT2D eigenvalue weighted by Crippen LogP contribution is 2.30. The van der Waals surface area contributed by atoms with Gasteiger partial charge in [0.2, 0.25) is 10.0 Å². The summed E-state index contributed by atoms with van der Waals surface area (Å²) in [4.78, 5) is 0.290. The van der Waals surface area contributed by atoms with Gasteiger partial charge >= 0.3 is 0 Å². The molecule has 0 saturated heterocycles. The summed E-state index contributed by atoms with van der Waals surface area (Å²) in [5.74, 6) is 0. The second kappa shape index (κ2) is 5.83. The first-order chi connectivity index (χ1) is 9.38. The minimum absolute atomic E-state index is 0.290. The number of H-pyrrole nitrogens is 1. The zero-order valence-electron chi connectivity index (χ0n) is 12.4. The van der Waals surface area contributed by atoms with Crippen molar-refractivity contribution in [1.29, 1.82) is 0 Å². The minimum Gasteiger partial charge on any atom is -0.314 e. The van der Waals surface area contributed by atoms with Crippen LogP contribution in [0.5, 0.6) is 0 Å². The molecule has 0 amide bonds. The van der Waals surface area contributed by atoms with E-state index in [0.717, 1.165) is 25.7 Å². The Morgan fingerprint density at radius 3 is 2.55 bits per heavy atom. The molecule has 0 atom stereocenters. The van der Waals surface area contributed by atoms with E-state index in [4.69, 9.17) is 0 Å². The van der Waals surface area contributed by atoms with Gasteiger partial charge in [0.15, 0.2) is 0 Å². The third kappa shape index (κ3) is 3.21. The molecule has 2 rings (SSSR count). The van der Waals surface area contributed by atoms with Gasteiger partial charge in [-0.25, -0.2) is 13.1 Å². The summed E-state index contributed by atoms with van der Waals surface area (Å²) in [6.45, 7) is 4.16. The van der Waals surface area contributed by atoms with Crippen molar-refractivity contribution in [2.75, 3.05) is 7.05 Å². The molecule has 0 spiro atoms. The Morgan fingerprint density at radius 1 is 1.30 bits per heavy atom. The number of aryl methyl sites for hydroxylation is 1. The molecule has 1 aromatic heterocycles. The minimum atomic E-state index is -3.54. The average molecular weight is 300 g/mol. The van der Waals surface area contributed by atoms with Crippen LogP contribution in [0, 0.1) is 6.92 Å². The normalized spacial score (nSPS) is 19.1. The van der Waals surface area contributed by atoms with E-state index in [9.17, 15) is 8.42 Å². The lowest BCUT2D eigenvalue weighted by Gasteiger charge is -2.34. The predicted octanol–water partition coefficient (Wildman–Crippen LogP) is 1.44. The molecule has 1 heterocycles. The van der Waals surface area contributed by atoms with Crippen LogP contribution in [0.4, 0.5) is 0 Å². The number of nitrogens with zero attached hydrogens (tertiary/aromatic N) is 1. The lowest BCUT2D eigenvalue weighted by Crippen LogP contribution is -2.47. The van der Waals surface area contributed by atoms with Crippen molar-refractivity contribution in [2.45, 2.75) is 62.9 Å². The molecular formula is C13H24N4O2S. The van der Waals surface area contributed by atoms with Crippen molar-refractivity contribution in [3.8, 4) is 0 Å². The molecule has 3 N–H and O–H groups in total. The SMILES string of the molecule is CNCc1n[nH]c(C)c1S(=O)(=O)NC1(C)CCCCC1. The maximum atomic E-state index is 12.7. The standard InChI is InChI=1S/C13H24N4O2S/c1-10-12(11(9-14-3)16-15-10)20(18,19)17-13(2)7-5-4-6-8-13/h14,17H,4-9H2,1-3H3,(H,15,16). The fourth-order valence-corrected chi connectivity index (χ4v) is 4.75. The number of sulfonamides is 1. The molecule has 0 radical (unpaired) electrons. The van der Waals surface area contributed by atoms with Crippen LogP contribution in [0.2, 0.25) is 0 Å². The number of rotatable bonds is 5. The number of aromatic nitrogens is 2. The van der Waals surface area contributed by atoms with Crippen LogP contribution in [0.1, 0.15) is 50.4 Å². The first-order valence-electron chi connectivity index (χ1n) is 7.10. The van der Waals surface area contributed by atoms with Crippen LogP contribution < -0.4 is 10.0 Å². The third-order valence-corrected chi connectivity index (χ3v) is 5.75. The van der Waals surface area contributed by atoms with Crippen LogP contribution in [0.3, 0.4) is 0 Å². The lowest BCUT2D eigenvalue weighted by molar-refractivity contribution is 0.294. The van der Waals surface area contributed by atoms with E-state index in [1.165, 1.54) is 6.42 Å². The molecule has 1 saturated carbocycles. The van der Waals surface area contributed by atoms with E-state index in [0.29, 0.717) is 22.8 Å². The average Bonchev–Trinajstić information content (AvgIpc) is 2.71. The Morgan fingerprint density at radius 2 is 1.95 bits per heavy atom. The molecule has 20 heavy (non-hydrogen) atoms. The Balaban J connectivity index is 2.28. The Labute approximate surface area is 120 Å². The van der Waals surface area contributed by atoms with Crippen LogP contribution in [0.25, 0.3) is 0 Å². The highest BCUT2D eigenvalue weighted by Gasteiger charge is 2.34. The topological polar surface area (TPSA) is 86.9 Å². The number of hydrogen-bond acceptors (Lipinski definition) is 4. The van der Waals surface area contributed by atoms with Gasteiger partial charge < -0.3 is 5.32 Å². The maximum Gasteiger partial charge on any atom is 0.244 e. The molecule has 1 aliphatic carbocycles. The van der Waals surface area contributed by atoms with Gasteiger partial charge in [0.05, 0.1) is 11.4 Å². The zero-order valence-corrected chi connectivity index (χ0v) is 13.2. The van der Waals surface area contributed by atoms with Crippen LogP contribution in [-0.4, -0.2) is 31.2 Å². The van der Waals surface area contributed by atoms with Crippen molar-refractivity contribution in [3.63, 3.8) is 0 Å². The second-order valence-corrected chi connectivity index (χ2v) is 7.50. The third-order valence-electron chi connectivity index (χ3n) is 3.91. The summed E-state index contributed by atoms with van der Waals surface area (Å²) in [7, 11) is -1.77. The summed E-state index contributed by atoms with van der Waals surface area (Å²) < 4.78 is 28.3. The fraction of sp³-hybridized carbons (Fsp3) is 0.769. The smallest absolute Gasteiger partial charge is 0.244 e. The fourth-order valence-electron chi connectivity index (χ4n) is 2.92. The highest BCUT2D eigenvalue weighted by atomic mass is 32.2. The first kappa shape index (κ1) is 15.5. The molecule has 1 aromatic rings. The first-order valence-corrected chi connectivity index (χ1v) is 8.59. The van der Waals surface area contributed by atoms with Gasteiger partial charge in [0.1, 0.15) is 4.90 Å². The highest BCUT2D eigenvalue weighted by molar-refractivity contribution is 7.89. The molecule has 114 valence electrons. The summed E-state index contributed by atoms with van der Waals surface area (Å²) in [6, 6.07) is 0. The Bertz CT molecular complexity index is 559. The number of aromatic amines is 1. The van der Waals surface area contributed by atoms with Crippen molar-refractivity contribution in [1.82, 2.24) is 20.2 Å². The van der Waals surface area contributed by atoms with Crippen LogP contribution in [0.15, 0.2) is 4.90 Å². The van der Waals surface area contributed by atoms with Gasteiger partial charge in [-0.1, -0.05) is 19.3 Å². The van der Waals surface area contributed by atoms with Gasteiger partial charge in [0.25, 0.3) is 0 Å². The largest absolute Gasteiger partial charge is 0.314 e. The van der Waals surface area contributed by atoms with Gasteiger partial charge in [-0.2, -0.15) is 5.10 Å². The Hall–Kier alpha value is -0.920. The van der Waals surface area contributed by atoms with E-state index in [1.54, 1.807) is 14.0 Å². The van der Waals surface area contributed by atoms with Crippen molar-refractivity contribution in [2.24, 2.45) is 0 Å². The van der Waals surface area contributed by atoms with E-state index in [2.05, 4.69) is 20.2 Å². The van der Waals surface area contributed by atoms with E-state index in [1.807, 2.05) is 6.92 Å². The van der Waals surface area contributed by atoms with E-state index in [-0.39, 0.29) is 5.54 Å². The Kier molecular flexibility index (Phi) is 4.51. The number of hydrogen-bond donors (Lipinski definition) is 3. The summed E-state index contributed by atoms with van der Waals surface area (Å²) in [5, 5.41) is 9.80. The molecule has 0 unspecified atom stereocenters. The van der Waals surface area contributed by atoms with Gasteiger partial charge in [-0.15, -0.1) is 0 Å². The van der Waals surface area contributed by atoms with E-state index >= 15 is 0 Å². The predicted molar refractivity (Wildman–Crippen MR) is 77.9 cm³/mol. The lowest BCUT2D eigenvalue weighted by atomic mass is 9.84. The van der Waals surface area contributed by atoms with Gasteiger partial charge in [0, 0.05) is 12.1 Å². The molecule has 7 heteroatoms. The maximum absolute atomic E-state index is 12.7. The zero-order chi connectivity index (χ0) is 14.8. The summed E-state index contributed by atoms with van der Waals surface area (Å²) in [6.07, 6.45) is 5.13. The summed E-state index contributed by atoms with van der Waals surface area (Å²) in [5.41, 5.74) is 0.789. The monoisotopic (exact) mass is 300 g/mol. The van der Waals surface area contributed by atoms with Crippen LogP contribution >= 0.6 is 0 Å². The molecule has 0 aromatic carbocycles. The molecule has 0 aliphatic heterocycles. The molecule has 1 aliphatic rings. The molecular weight excluding hydrogens is 276 g/mol. The molecule has 6 nitrogen and oxygen atoms in total. The van der Waals surface area contributed by atoms with Crippen molar-refractivity contribution >= 4 is 10.0 Å². The molecule has 1 fully saturated rings. The van der Waals surface area contributed by atoms with Crippen LogP contribution in [-0.2, 0) is 16.6 Å².